The highest BCUT2D eigenvalue weighted by Gasteiger charge is 2.02. The van der Waals surface area contributed by atoms with Gasteiger partial charge in [0.25, 0.3) is 0 Å². The monoisotopic (exact) mass is 190 g/mol. The Morgan fingerprint density at radius 3 is 1.08 bits per heavy atom. The van der Waals surface area contributed by atoms with Gasteiger partial charge in [-0.2, -0.15) is 0 Å². The Morgan fingerprint density at radius 2 is 0.917 bits per heavy atom. The molecule has 76 valence electrons. The van der Waals surface area contributed by atoms with Gasteiger partial charge in [-0.3, -0.25) is 0 Å². The molecule has 0 unspecified atom stereocenters. The van der Waals surface area contributed by atoms with Crippen molar-refractivity contribution in [2.45, 2.75) is 53.9 Å². The quantitative estimate of drug-likeness (QED) is 0.531. The van der Waals surface area contributed by atoms with E-state index in [1.54, 1.807) is 0 Å². The van der Waals surface area contributed by atoms with E-state index < -0.39 is 0 Å². The van der Waals surface area contributed by atoms with Gasteiger partial charge in [0.1, 0.15) is 0 Å². The van der Waals surface area contributed by atoms with E-state index in [1.165, 1.54) is 37.7 Å². The molecule has 0 spiro atoms. The average Bonchev–Trinajstić information content (AvgIpc) is 2.10. The first-order valence-corrected chi connectivity index (χ1v) is 7.47. The van der Waals surface area contributed by atoms with Crippen LogP contribution in [0.15, 0.2) is 0 Å². The molecule has 0 aliphatic rings. The van der Waals surface area contributed by atoms with Crippen LogP contribution in [0.25, 0.3) is 0 Å². The largest absolute Gasteiger partial charge is 0.107 e. The molecule has 0 rings (SSSR count). The highest BCUT2D eigenvalue weighted by molar-refractivity contribution is 7.57. The SMILES string of the molecule is CC.CCCP(CCC)CCC. The van der Waals surface area contributed by atoms with Gasteiger partial charge in [-0.05, 0) is 18.5 Å². The molecule has 0 fully saturated rings. The Kier molecular flexibility index (Phi) is 17.4. The smallest absolute Gasteiger partial charge is 0.0329 e. The molecule has 0 saturated heterocycles. The second-order valence-corrected chi connectivity index (χ2v) is 5.52. The molecule has 12 heavy (non-hydrogen) atoms. The van der Waals surface area contributed by atoms with Gasteiger partial charge in [-0.25, -0.2) is 0 Å². The van der Waals surface area contributed by atoms with E-state index >= 15 is 0 Å². The molecule has 0 aliphatic heterocycles. The third-order valence-corrected chi connectivity index (χ3v) is 4.86. The molecule has 0 aliphatic carbocycles. The summed E-state index contributed by atoms with van der Waals surface area (Å²) in [6.45, 7) is 10.9. The Bertz CT molecular complexity index is 47.8. The maximum Gasteiger partial charge on any atom is -0.0329 e. The fourth-order valence-electron chi connectivity index (χ4n) is 1.28. The summed E-state index contributed by atoms with van der Waals surface area (Å²) >= 11 is 0. The normalized spacial score (nSPS) is 9.50. The minimum Gasteiger partial charge on any atom is -0.107 e. The predicted octanol–water partition coefficient (Wildman–Crippen LogP) is 4.72. The summed E-state index contributed by atoms with van der Waals surface area (Å²) in [4.78, 5) is 0. The lowest BCUT2D eigenvalue weighted by atomic mass is 10.6. The highest BCUT2D eigenvalue weighted by Crippen LogP contribution is 2.37. The predicted molar refractivity (Wildman–Crippen MR) is 63.7 cm³/mol. The van der Waals surface area contributed by atoms with Crippen LogP contribution in [-0.2, 0) is 0 Å². The minimum absolute atomic E-state index is 0.439. The second kappa shape index (κ2) is 14.0. The summed E-state index contributed by atoms with van der Waals surface area (Å²) in [7, 11) is 0.439. The molecule has 0 aromatic carbocycles. The zero-order valence-electron chi connectivity index (χ0n) is 9.69. The Labute approximate surface area is 80.9 Å². The van der Waals surface area contributed by atoms with Crippen LogP contribution in [0.3, 0.4) is 0 Å². The first kappa shape index (κ1) is 14.9. The summed E-state index contributed by atoms with van der Waals surface area (Å²) in [6.07, 6.45) is 8.72. The van der Waals surface area contributed by atoms with Crippen molar-refractivity contribution in [1.82, 2.24) is 0 Å². The molecule has 0 atom stereocenters. The zero-order chi connectivity index (χ0) is 9.82. The van der Waals surface area contributed by atoms with E-state index in [-0.39, 0.29) is 0 Å². The zero-order valence-corrected chi connectivity index (χ0v) is 10.6. The lowest BCUT2D eigenvalue weighted by Crippen LogP contribution is -1.92. The van der Waals surface area contributed by atoms with Crippen molar-refractivity contribution in [2.75, 3.05) is 18.5 Å². The molecule has 0 amide bonds. The molecule has 0 bridgehead atoms. The van der Waals surface area contributed by atoms with E-state index in [2.05, 4.69) is 20.8 Å². The maximum absolute atomic E-state index is 2.31. The topological polar surface area (TPSA) is 0 Å². The van der Waals surface area contributed by atoms with Gasteiger partial charge in [0.15, 0.2) is 0 Å². The molecule has 0 N–H and O–H groups in total. The third-order valence-electron chi connectivity index (χ3n) is 1.62. The first-order valence-electron chi connectivity index (χ1n) is 5.57. The van der Waals surface area contributed by atoms with Crippen LogP contribution in [0.4, 0.5) is 0 Å². The number of hydrogen-bond acceptors (Lipinski definition) is 0. The van der Waals surface area contributed by atoms with Crippen LogP contribution in [0.5, 0.6) is 0 Å². The van der Waals surface area contributed by atoms with Gasteiger partial charge in [-0.15, -0.1) is 7.92 Å². The van der Waals surface area contributed by atoms with E-state index in [1.807, 2.05) is 13.8 Å². The number of rotatable bonds is 6. The Morgan fingerprint density at radius 1 is 0.667 bits per heavy atom. The van der Waals surface area contributed by atoms with Crippen molar-refractivity contribution in [3.63, 3.8) is 0 Å². The van der Waals surface area contributed by atoms with Crippen LogP contribution in [-0.4, -0.2) is 18.5 Å². The van der Waals surface area contributed by atoms with E-state index in [0.717, 1.165) is 0 Å². The van der Waals surface area contributed by atoms with E-state index in [4.69, 9.17) is 0 Å². The van der Waals surface area contributed by atoms with Crippen molar-refractivity contribution < 1.29 is 0 Å². The van der Waals surface area contributed by atoms with Gasteiger partial charge < -0.3 is 0 Å². The minimum atomic E-state index is 0.439. The van der Waals surface area contributed by atoms with Crippen LogP contribution in [0.1, 0.15) is 53.9 Å². The Hall–Kier alpha value is 0.430. The van der Waals surface area contributed by atoms with Crippen LogP contribution < -0.4 is 0 Å². The van der Waals surface area contributed by atoms with Gasteiger partial charge in [0, 0.05) is 0 Å². The molecule has 0 radical (unpaired) electrons. The molecule has 0 aromatic heterocycles. The molecule has 0 heterocycles. The summed E-state index contributed by atoms with van der Waals surface area (Å²) < 4.78 is 0. The van der Waals surface area contributed by atoms with Crippen molar-refractivity contribution in [1.29, 1.82) is 0 Å². The van der Waals surface area contributed by atoms with Crippen molar-refractivity contribution >= 4 is 7.92 Å². The number of hydrogen-bond donors (Lipinski definition) is 0. The third kappa shape index (κ3) is 10.4. The van der Waals surface area contributed by atoms with Gasteiger partial charge in [-0.1, -0.05) is 53.9 Å². The lowest BCUT2D eigenvalue weighted by molar-refractivity contribution is 1.02. The van der Waals surface area contributed by atoms with Gasteiger partial charge in [0.05, 0.1) is 0 Å². The molecule has 0 saturated carbocycles. The molecule has 0 aromatic rings. The van der Waals surface area contributed by atoms with Crippen molar-refractivity contribution in [3.05, 3.63) is 0 Å². The summed E-state index contributed by atoms with van der Waals surface area (Å²) in [5.41, 5.74) is 0. The van der Waals surface area contributed by atoms with Gasteiger partial charge >= 0.3 is 0 Å². The summed E-state index contributed by atoms with van der Waals surface area (Å²) in [5.74, 6) is 0. The Balaban J connectivity index is 0. The molecule has 1 heteroatoms. The lowest BCUT2D eigenvalue weighted by Gasteiger charge is -2.13. The van der Waals surface area contributed by atoms with Crippen LogP contribution in [0.2, 0.25) is 0 Å². The van der Waals surface area contributed by atoms with Crippen molar-refractivity contribution in [3.8, 4) is 0 Å². The second-order valence-electron chi connectivity index (χ2n) is 2.84. The van der Waals surface area contributed by atoms with E-state index in [9.17, 15) is 0 Å². The highest BCUT2D eigenvalue weighted by atomic mass is 31.1. The van der Waals surface area contributed by atoms with Crippen LogP contribution in [0, 0.1) is 0 Å². The standard InChI is InChI=1S/C9H21P.C2H6/c1-4-7-10(8-5-2)9-6-3;1-2/h4-9H2,1-3H3;1-2H3. The molecule has 0 nitrogen and oxygen atoms in total. The maximum atomic E-state index is 2.31. The fraction of sp³-hybridized carbons (Fsp3) is 1.00. The van der Waals surface area contributed by atoms with E-state index in [0.29, 0.717) is 7.92 Å². The first-order chi connectivity index (χ1) is 5.85. The summed E-state index contributed by atoms with van der Waals surface area (Å²) in [6, 6.07) is 0. The molecular formula is C11H27P. The fourth-order valence-corrected chi connectivity index (χ4v) is 3.85. The summed E-state index contributed by atoms with van der Waals surface area (Å²) in [5, 5.41) is 0. The average molecular weight is 190 g/mol. The molecular weight excluding hydrogens is 163 g/mol. The van der Waals surface area contributed by atoms with Gasteiger partial charge in [0.2, 0.25) is 0 Å². The van der Waals surface area contributed by atoms with Crippen LogP contribution >= 0.6 is 7.92 Å². The van der Waals surface area contributed by atoms with Crippen molar-refractivity contribution in [2.24, 2.45) is 0 Å².